The SMILES string of the molecule is CC1CCC(NC(=O)[C@@H](C)NC[C@H]2CCCn3ccnc32)CC1. The molecule has 1 aromatic rings. The molecule has 0 saturated heterocycles. The third-order valence-corrected chi connectivity index (χ3v) is 5.49. The third-order valence-electron chi connectivity index (χ3n) is 5.49. The van der Waals surface area contributed by atoms with Crippen LogP contribution in [0.15, 0.2) is 12.4 Å². The smallest absolute Gasteiger partial charge is 0.237 e. The number of nitrogens with zero attached hydrogens (tertiary/aromatic N) is 2. The highest BCUT2D eigenvalue weighted by atomic mass is 16.2. The van der Waals surface area contributed by atoms with E-state index in [0.717, 1.165) is 44.1 Å². The number of nitrogens with one attached hydrogen (secondary N) is 2. The van der Waals surface area contributed by atoms with Gasteiger partial charge >= 0.3 is 0 Å². The average molecular weight is 318 g/mol. The molecule has 128 valence electrons. The Morgan fingerprint density at radius 2 is 2.13 bits per heavy atom. The highest BCUT2D eigenvalue weighted by Gasteiger charge is 2.25. The van der Waals surface area contributed by atoms with Crippen LogP contribution in [-0.2, 0) is 11.3 Å². The molecule has 0 bridgehead atoms. The van der Waals surface area contributed by atoms with Gasteiger partial charge in [0.25, 0.3) is 0 Å². The van der Waals surface area contributed by atoms with Crippen LogP contribution in [-0.4, -0.2) is 34.1 Å². The highest BCUT2D eigenvalue weighted by molar-refractivity contribution is 5.81. The number of hydrogen-bond donors (Lipinski definition) is 2. The van der Waals surface area contributed by atoms with Crippen molar-refractivity contribution in [3.8, 4) is 0 Å². The van der Waals surface area contributed by atoms with E-state index in [-0.39, 0.29) is 11.9 Å². The Morgan fingerprint density at radius 1 is 1.35 bits per heavy atom. The molecule has 0 radical (unpaired) electrons. The van der Waals surface area contributed by atoms with Crippen LogP contribution in [0.25, 0.3) is 0 Å². The van der Waals surface area contributed by atoms with Gasteiger partial charge in [-0.15, -0.1) is 0 Å². The van der Waals surface area contributed by atoms with Gasteiger partial charge in [0.1, 0.15) is 5.82 Å². The van der Waals surface area contributed by atoms with Crippen molar-refractivity contribution in [2.45, 2.75) is 76.9 Å². The van der Waals surface area contributed by atoms with Gasteiger partial charge in [-0.1, -0.05) is 6.92 Å². The lowest BCUT2D eigenvalue weighted by Crippen LogP contribution is -2.48. The van der Waals surface area contributed by atoms with E-state index in [0.29, 0.717) is 12.0 Å². The summed E-state index contributed by atoms with van der Waals surface area (Å²) in [5, 5.41) is 6.63. The molecule has 1 amide bonds. The molecule has 3 rings (SSSR count). The number of aryl methyl sites for hydroxylation is 1. The second-order valence-corrected chi connectivity index (χ2v) is 7.41. The van der Waals surface area contributed by atoms with Gasteiger partial charge < -0.3 is 15.2 Å². The number of hydrogen-bond acceptors (Lipinski definition) is 3. The van der Waals surface area contributed by atoms with Crippen molar-refractivity contribution in [2.75, 3.05) is 6.54 Å². The number of amides is 1. The van der Waals surface area contributed by atoms with Crippen molar-refractivity contribution in [1.82, 2.24) is 20.2 Å². The second-order valence-electron chi connectivity index (χ2n) is 7.41. The number of carbonyl (C=O) groups excluding carboxylic acids is 1. The first-order valence-electron chi connectivity index (χ1n) is 9.18. The summed E-state index contributed by atoms with van der Waals surface area (Å²) in [6, 6.07) is 0.233. The van der Waals surface area contributed by atoms with Crippen LogP contribution >= 0.6 is 0 Å². The summed E-state index contributed by atoms with van der Waals surface area (Å²) in [4.78, 5) is 16.9. The molecule has 1 aromatic heterocycles. The molecule has 0 spiro atoms. The Labute approximate surface area is 139 Å². The number of fused-ring (bicyclic) bond motifs is 1. The van der Waals surface area contributed by atoms with Gasteiger partial charge in [0.2, 0.25) is 5.91 Å². The molecule has 2 atom stereocenters. The minimum absolute atomic E-state index is 0.139. The summed E-state index contributed by atoms with van der Waals surface area (Å²) in [5.74, 6) is 2.54. The van der Waals surface area contributed by atoms with Crippen molar-refractivity contribution < 1.29 is 4.79 Å². The van der Waals surface area contributed by atoms with Gasteiger partial charge in [-0.25, -0.2) is 4.98 Å². The van der Waals surface area contributed by atoms with Gasteiger partial charge in [-0.2, -0.15) is 0 Å². The Kier molecular flexibility index (Phi) is 5.36. The Hall–Kier alpha value is -1.36. The minimum Gasteiger partial charge on any atom is -0.352 e. The van der Waals surface area contributed by atoms with E-state index < -0.39 is 0 Å². The number of imidazole rings is 1. The number of aromatic nitrogens is 2. The molecule has 1 fully saturated rings. The molecule has 0 aromatic carbocycles. The largest absolute Gasteiger partial charge is 0.352 e. The highest BCUT2D eigenvalue weighted by Crippen LogP contribution is 2.25. The monoisotopic (exact) mass is 318 g/mol. The first-order valence-corrected chi connectivity index (χ1v) is 9.18. The van der Waals surface area contributed by atoms with E-state index >= 15 is 0 Å². The summed E-state index contributed by atoms with van der Waals surface area (Å²) in [6.07, 6.45) is 11.0. The zero-order chi connectivity index (χ0) is 16.2. The van der Waals surface area contributed by atoms with Crippen LogP contribution < -0.4 is 10.6 Å². The van der Waals surface area contributed by atoms with Crippen LogP contribution in [0.4, 0.5) is 0 Å². The lowest BCUT2D eigenvalue weighted by atomic mass is 9.87. The maximum absolute atomic E-state index is 12.4. The van der Waals surface area contributed by atoms with Crippen molar-refractivity contribution in [3.05, 3.63) is 18.2 Å². The van der Waals surface area contributed by atoms with E-state index in [9.17, 15) is 4.79 Å². The van der Waals surface area contributed by atoms with E-state index in [4.69, 9.17) is 0 Å². The summed E-state index contributed by atoms with van der Waals surface area (Å²) < 4.78 is 2.24. The topological polar surface area (TPSA) is 59.0 Å². The fourth-order valence-corrected chi connectivity index (χ4v) is 3.84. The lowest BCUT2D eigenvalue weighted by molar-refractivity contribution is -0.123. The first-order chi connectivity index (χ1) is 11.1. The molecular formula is C18H30N4O. The lowest BCUT2D eigenvalue weighted by Gasteiger charge is -2.29. The van der Waals surface area contributed by atoms with Gasteiger partial charge in [0, 0.05) is 37.4 Å². The molecule has 0 unspecified atom stereocenters. The molecule has 2 aliphatic rings. The average Bonchev–Trinajstić information content (AvgIpc) is 3.03. The summed E-state index contributed by atoms with van der Waals surface area (Å²) >= 11 is 0. The van der Waals surface area contributed by atoms with Gasteiger partial charge in [0.15, 0.2) is 0 Å². The molecule has 2 N–H and O–H groups in total. The van der Waals surface area contributed by atoms with Gasteiger partial charge in [0.05, 0.1) is 6.04 Å². The van der Waals surface area contributed by atoms with Crippen molar-refractivity contribution in [1.29, 1.82) is 0 Å². The van der Waals surface area contributed by atoms with E-state index in [1.807, 2.05) is 13.1 Å². The zero-order valence-corrected chi connectivity index (χ0v) is 14.4. The van der Waals surface area contributed by atoms with Gasteiger partial charge in [-0.3, -0.25) is 4.79 Å². The second kappa shape index (κ2) is 7.47. The van der Waals surface area contributed by atoms with E-state index in [2.05, 4.69) is 33.3 Å². The van der Waals surface area contributed by atoms with E-state index in [1.54, 1.807) is 0 Å². The Morgan fingerprint density at radius 3 is 2.91 bits per heavy atom. The maximum atomic E-state index is 12.4. The Balaban J connectivity index is 1.44. The first kappa shape index (κ1) is 16.5. The number of rotatable bonds is 5. The van der Waals surface area contributed by atoms with Crippen LogP contribution in [0.2, 0.25) is 0 Å². The predicted octanol–water partition coefficient (Wildman–Crippen LogP) is 2.43. The normalized spacial score (nSPS) is 28.9. The predicted molar refractivity (Wildman–Crippen MR) is 91.2 cm³/mol. The van der Waals surface area contributed by atoms with Gasteiger partial charge in [-0.05, 0) is 51.4 Å². The Bertz CT molecular complexity index is 519. The zero-order valence-electron chi connectivity index (χ0n) is 14.4. The molecule has 2 heterocycles. The molecule has 23 heavy (non-hydrogen) atoms. The van der Waals surface area contributed by atoms with Crippen molar-refractivity contribution in [2.24, 2.45) is 5.92 Å². The number of carbonyl (C=O) groups is 1. The summed E-state index contributed by atoms with van der Waals surface area (Å²) in [6.45, 7) is 6.17. The maximum Gasteiger partial charge on any atom is 0.237 e. The summed E-state index contributed by atoms with van der Waals surface area (Å²) in [5.41, 5.74) is 0. The summed E-state index contributed by atoms with van der Waals surface area (Å²) in [7, 11) is 0. The third kappa shape index (κ3) is 4.14. The quantitative estimate of drug-likeness (QED) is 0.876. The molecule has 1 saturated carbocycles. The van der Waals surface area contributed by atoms with Crippen LogP contribution in [0.1, 0.15) is 64.1 Å². The molecular weight excluding hydrogens is 288 g/mol. The standard InChI is InChI=1S/C18H30N4O/c1-13-5-7-16(8-6-13)21-18(23)14(2)20-12-15-4-3-10-22-11-9-19-17(15)22/h9,11,13-16,20H,3-8,10,12H2,1-2H3,(H,21,23)/t13?,14-,15-,16?/m1/s1. The molecule has 5 heteroatoms. The molecule has 1 aliphatic carbocycles. The van der Waals surface area contributed by atoms with E-state index in [1.165, 1.54) is 19.3 Å². The minimum atomic E-state index is -0.139. The van der Waals surface area contributed by atoms with Crippen LogP contribution in [0.3, 0.4) is 0 Å². The molecule has 1 aliphatic heterocycles. The fraction of sp³-hybridized carbons (Fsp3) is 0.778. The van der Waals surface area contributed by atoms with Crippen LogP contribution in [0, 0.1) is 5.92 Å². The fourth-order valence-electron chi connectivity index (χ4n) is 3.84. The van der Waals surface area contributed by atoms with Crippen molar-refractivity contribution in [3.63, 3.8) is 0 Å². The van der Waals surface area contributed by atoms with Crippen molar-refractivity contribution >= 4 is 5.91 Å². The van der Waals surface area contributed by atoms with Crippen LogP contribution in [0.5, 0.6) is 0 Å². The molecule has 5 nitrogen and oxygen atoms in total.